The van der Waals surface area contributed by atoms with Crippen LogP contribution in [-0.2, 0) is 17.8 Å². The lowest BCUT2D eigenvalue weighted by molar-refractivity contribution is -0.117. The van der Waals surface area contributed by atoms with Gasteiger partial charge in [-0.25, -0.2) is 4.39 Å². The standard InChI is InChI=1S/C26H21Br2FN2O2/c27-23-14-20(15-24(28)25(23)33-17-19-8-10-22(29)11-9-19)13-21(16-30)26(32)31-12-4-7-18-5-2-1-3-6-18/h1-3,5-6,8-11,13-15H,4,7,12,17H2,(H,31,32)/b21-13-. The summed E-state index contributed by atoms with van der Waals surface area (Å²) in [5, 5.41) is 12.3. The highest BCUT2D eigenvalue weighted by Gasteiger charge is 2.12. The van der Waals surface area contributed by atoms with E-state index in [9.17, 15) is 14.4 Å². The molecule has 0 fully saturated rings. The van der Waals surface area contributed by atoms with Crippen molar-refractivity contribution in [1.82, 2.24) is 5.32 Å². The number of halogens is 3. The fraction of sp³-hybridized carbons (Fsp3) is 0.154. The van der Waals surface area contributed by atoms with Crippen LogP contribution in [-0.4, -0.2) is 12.5 Å². The molecule has 1 N–H and O–H groups in total. The molecule has 0 aliphatic carbocycles. The molecule has 3 aromatic rings. The Bertz CT molecular complexity index is 1150. The summed E-state index contributed by atoms with van der Waals surface area (Å²) in [6, 6.07) is 21.6. The van der Waals surface area contributed by atoms with E-state index in [-0.39, 0.29) is 18.0 Å². The van der Waals surface area contributed by atoms with Crippen molar-refractivity contribution >= 4 is 43.8 Å². The quantitative estimate of drug-likeness (QED) is 0.179. The molecule has 4 nitrogen and oxygen atoms in total. The van der Waals surface area contributed by atoms with Crippen LogP contribution in [0.1, 0.15) is 23.1 Å². The van der Waals surface area contributed by atoms with Gasteiger partial charge in [0.25, 0.3) is 5.91 Å². The first-order chi connectivity index (χ1) is 16.0. The van der Waals surface area contributed by atoms with E-state index >= 15 is 0 Å². The van der Waals surface area contributed by atoms with Gasteiger partial charge in [-0.05, 0) is 91.7 Å². The second kappa shape index (κ2) is 12.3. The fourth-order valence-electron chi connectivity index (χ4n) is 3.09. The molecule has 0 radical (unpaired) electrons. The molecule has 0 saturated carbocycles. The van der Waals surface area contributed by atoms with Gasteiger partial charge in [-0.3, -0.25) is 4.79 Å². The van der Waals surface area contributed by atoms with E-state index in [1.807, 2.05) is 36.4 Å². The van der Waals surface area contributed by atoms with E-state index < -0.39 is 5.91 Å². The van der Waals surface area contributed by atoms with E-state index in [4.69, 9.17) is 4.74 Å². The van der Waals surface area contributed by atoms with E-state index in [1.165, 1.54) is 23.8 Å². The van der Waals surface area contributed by atoms with Gasteiger partial charge in [0.1, 0.15) is 29.8 Å². The van der Waals surface area contributed by atoms with Crippen molar-refractivity contribution in [3.05, 3.63) is 104 Å². The highest BCUT2D eigenvalue weighted by Crippen LogP contribution is 2.36. The number of hydrogen-bond donors (Lipinski definition) is 1. The summed E-state index contributed by atoms with van der Waals surface area (Å²) in [4.78, 5) is 12.4. The Balaban J connectivity index is 1.60. The molecule has 0 saturated heterocycles. The Labute approximate surface area is 209 Å². The van der Waals surface area contributed by atoms with Crippen LogP contribution in [0.3, 0.4) is 0 Å². The number of nitriles is 1. The van der Waals surface area contributed by atoms with Crippen LogP contribution in [0, 0.1) is 17.1 Å². The topological polar surface area (TPSA) is 62.1 Å². The minimum Gasteiger partial charge on any atom is -0.487 e. The van der Waals surface area contributed by atoms with Crippen molar-refractivity contribution in [3.8, 4) is 11.8 Å². The molecule has 0 atom stereocenters. The van der Waals surface area contributed by atoms with Crippen LogP contribution >= 0.6 is 31.9 Å². The number of nitrogens with zero attached hydrogens (tertiary/aromatic N) is 1. The van der Waals surface area contributed by atoms with Gasteiger partial charge in [-0.1, -0.05) is 42.5 Å². The lowest BCUT2D eigenvalue weighted by Crippen LogP contribution is -2.25. The summed E-state index contributed by atoms with van der Waals surface area (Å²) in [6.07, 6.45) is 3.17. The zero-order valence-electron chi connectivity index (χ0n) is 17.7. The van der Waals surface area contributed by atoms with Gasteiger partial charge >= 0.3 is 0 Å². The first-order valence-electron chi connectivity index (χ1n) is 10.3. The van der Waals surface area contributed by atoms with Gasteiger partial charge < -0.3 is 10.1 Å². The van der Waals surface area contributed by atoms with Gasteiger partial charge in [-0.2, -0.15) is 5.26 Å². The average Bonchev–Trinajstić information content (AvgIpc) is 2.81. The molecular formula is C26H21Br2FN2O2. The Kier molecular flexibility index (Phi) is 9.23. The van der Waals surface area contributed by atoms with Crippen molar-refractivity contribution in [2.45, 2.75) is 19.4 Å². The van der Waals surface area contributed by atoms with Crippen molar-refractivity contribution in [2.24, 2.45) is 0 Å². The number of carbonyl (C=O) groups excluding carboxylic acids is 1. The van der Waals surface area contributed by atoms with Crippen LogP contribution in [0.4, 0.5) is 4.39 Å². The highest BCUT2D eigenvalue weighted by molar-refractivity contribution is 9.11. The van der Waals surface area contributed by atoms with Crippen molar-refractivity contribution in [2.75, 3.05) is 6.54 Å². The van der Waals surface area contributed by atoms with Gasteiger partial charge in [0, 0.05) is 6.54 Å². The minimum atomic E-state index is -0.408. The van der Waals surface area contributed by atoms with Crippen molar-refractivity contribution in [1.29, 1.82) is 5.26 Å². The molecule has 0 heterocycles. The second-order valence-corrected chi connectivity index (χ2v) is 8.95. The molecule has 0 spiro atoms. The maximum absolute atomic E-state index is 13.1. The predicted octanol–water partition coefficient (Wildman–Crippen LogP) is 6.59. The van der Waals surface area contributed by atoms with Gasteiger partial charge in [0.05, 0.1) is 8.95 Å². The number of nitrogens with one attached hydrogen (secondary N) is 1. The molecule has 3 rings (SSSR count). The normalized spacial score (nSPS) is 11.0. The Morgan fingerprint density at radius 3 is 2.33 bits per heavy atom. The number of ether oxygens (including phenoxy) is 1. The first kappa shape index (κ1) is 24.7. The van der Waals surface area contributed by atoms with Crippen LogP contribution in [0.2, 0.25) is 0 Å². The van der Waals surface area contributed by atoms with Crippen LogP contribution in [0.25, 0.3) is 6.08 Å². The first-order valence-corrected chi connectivity index (χ1v) is 11.8. The molecule has 0 aromatic heterocycles. The SMILES string of the molecule is N#C/C(=C/c1cc(Br)c(OCc2ccc(F)cc2)c(Br)c1)C(=O)NCCCc1ccccc1. The van der Waals surface area contributed by atoms with Gasteiger partial charge in [0.2, 0.25) is 0 Å². The lowest BCUT2D eigenvalue weighted by Gasteiger charge is -2.12. The molecule has 3 aromatic carbocycles. The van der Waals surface area contributed by atoms with E-state index in [0.29, 0.717) is 26.8 Å². The molecule has 33 heavy (non-hydrogen) atoms. The molecule has 0 unspecified atom stereocenters. The molecule has 7 heteroatoms. The summed E-state index contributed by atoms with van der Waals surface area (Å²) in [5.74, 6) is -0.138. The Morgan fingerprint density at radius 1 is 1.03 bits per heavy atom. The zero-order chi connectivity index (χ0) is 23.6. The summed E-state index contributed by atoms with van der Waals surface area (Å²) in [7, 11) is 0. The van der Waals surface area contributed by atoms with Crippen LogP contribution in [0.15, 0.2) is 81.2 Å². The zero-order valence-corrected chi connectivity index (χ0v) is 20.8. The predicted molar refractivity (Wildman–Crippen MR) is 134 cm³/mol. The van der Waals surface area contributed by atoms with E-state index in [0.717, 1.165) is 18.4 Å². The van der Waals surface area contributed by atoms with Gasteiger partial charge in [0.15, 0.2) is 0 Å². The van der Waals surface area contributed by atoms with Crippen LogP contribution in [0.5, 0.6) is 5.75 Å². The Hall–Kier alpha value is -2.95. The lowest BCUT2D eigenvalue weighted by atomic mass is 10.1. The number of amides is 1. The van der Waals surface area contributed by atoms with Gasteiger partial charge in [-0.15, -0.1) is 0 Å². The highest BCUT2D eigenvalue weighted by atomic mass is 79.9. The van der Waals surface area contributed by atoms with Crippen molar-refractivity contribution < 1.29 is 13.9 Å². The summed E-state index contributed by atoms with van der Waals surface area (Å²) in [5.41, 5.74) is 2.72. The number of benzene rings is 3. The Morgan fingerprint density at radius 2 is 1.70 bits per heavy atom. The van der Waals surface area contributed by atoms with E-state index in [2.05, 4.69) is 37.2 Å². The number of aryl methyl sites for hydroxylation is 1. The third-order valence-electron chi connectivity index (χ3n) is 4.76. The third kappa shape index (κ3) is 7.55. The minimum absolute atomic E-state index is 0.0218. The molecule has 0 aliphatic heterocycles. The fourth-order valence-corrected chi connectivity index (χ4v) is 4.54. The van der Waals surface area contributed by atoms with Crippen LogP contribution < -0.4 is 10.1 Å². The molecular weight excluding hydrogens is 551 g/mol. The summed E-state index contributed by atoms with van der Waals surface area (Å²) in [6.45, 7) is 0.748. The smallest absolute Gasteiger partial charge is 0.261 e. The average molecular weight is 572 g/mol. The largest absolute Gasteiger partial charge is 0.487 e. The molecule has 0 aliphatic rings. The second-order valence-electron chi connectivity index (χ2n) is 7.24. The van der Waals surface area contributed by atoms with Crippen molar-refractivity contribution in [3.63, 3.8) is 0 Å². The number of carbonyl (C=O) groups is 1. The third-order valence-corrected chi connectivity index (χ3v) is 5.94. The maximum atomic E-state index is 13.1. The summed E-state index contributed by atoms with van der Waals surface area (Å²) >= 11 is 6.96. The molecule has 168 valence electrons. The maximum Gasteiger partial charge on any atom is 0.261 e. The monoisotopic (exact) mass is 570 g/mol. The summed E-state index contributed by atoms with van der Waals surface area (Å²) < 4.78 is 20.2. The van der Waals surface area contributed by atoms with E-state index in [1.54, 1.807) is 24.3 Å². The molecule has 0 bridgehead atoms. The number of rotatable bonds is 9. The number of hydrogen-bond acceptors (Lipinski definition) is 3. The molecule has 1 amide bonds.